The van der Waals surface area contributed by atoms with Crippen LogP contribution in [0.5, 0.6) is 0 Å². The third-order valence-corrected chi connectivity index (χ3v) is 5.67. The van der Waals surface area contributed by atoms with E-state index in [0.717, 1.165) is 0 Å². The molecule has 1 fully saturated rings. The molecule has 3 rings (SSSR count). The maximum absolute atomic E-state index is 13.6. The van der Waals surface area contributed by atoms with Crippen molar-refractivity contribution >= 4 is 20.9 Å². The Kier molecular flexibility index (Phi) is 4.27. The molecule has 2 aromatic rings. The Morgan fingerprint density at radius 2 is 1.79 bits per heavy atom. The van der Waals surface area contributed by atoms with Crippen molar-refractivity contribution in [3.63, 3.8) is 0 Å². The van der Waals surface area contributed by atoms with Crippen LogP contribution in [0.3, 0.4) is 0 Å². The molecule has 5 nitrogen and oxygen atoms in total. The molecule has 0 radical (unpaired) electrons. The highest BCUT2D eigenvalue weighted by molar-refractivity contribution is 7.89. The van der Waals surface area contributed by atoms with E-state index in [2.05, 4.69) is 4.98 Å². The second kappa shape index (κ2) is 5.98. The molecule has 1 aromatic heterocycles. The van der Waals surface area contributed by atoms with Crippen LogP contribution in [0.1, 0.15) is 12.8 Å². The minimum absolute atomic E-state index is 0.136. The Labute approximate surface area is 136 Å². The average molecular weight is 360 g/mol. The summed E-state index contributed by atoms with van der Waals surface area (Å²) in [6, 6.07) is 7.65. The van der Waals surface area contributed by atoms with Crippen molar-refractivity contribution < 1.29 is 26.3 Å². The first-order valence-electron chi connectivity index (χ1n) is 7.27. The molecule has 1 aliphatic rings. The summed E-state index contributed by atoms with van der Waals surface area (Å²) in [5, 5.41) is 0.536. The van der Waals surface area contributed by atoms with Gasteiger partial charge in [-0.2, -0.15) is 17.9 Å². The van der Waals surface area contributed by atoms with Crippen molar-refractivity contribution in [1.29, 1.82) is 0 Å². The standard InChI is InChI=1S/C15H15F3N2O3S/c16-15(17,18)14(6-9-23-10-7-14)20-24(21,22)12-5-1-3-11-4-2-8-19-13(11)12/h1-5,8,20H,6-7,9-10H2. The number of fused-ring (bicyclic) bond motifs is 1. The van der Waals surface area contributed by atoms with Gasteiger partial charge >= 0.3 is 6.18 Å². The van der Waals surface area contributed by atoms with Gasteiger partial charge in [-0.15, -0.1) is 0 Å². The van der Waals surface area contributed by atoms with E-state index in [1.165, 1.54) is 18.3 Å². The predicted molar refractivity (Wildman–Crippen MR) is 80.9 cm³/mol. The third kappa shape index (κ3) is 2.99. The molecule has 0 saturated carbocycles. The summed E-state index contributed by atoms with van der Waals surface area (Å²) < 4.78 is 72.9. The van der Waals surface area contributed by atoms with Crippen LogP contribution in [-0.2, 0) is 14.8 Å². The zero-order valence-corrected chi connectivity index (χ0v) is 13.3. The first kappa shape index (κ1) is 17.1. The molecule has 0 aliphatic carbocycles. The summed E-state index contributed by atoms with van der Waals surface area (Å²) >= 11 is 0. The number of benzene rings is 1. The SMILES string of the molecule is O=S(=O)(NC1(C(F)(F)F)CCOCC1)c1cccc2cccnc12. The number of aromatic nitrogens is 1. The van der Waals surface area contributed by atoms with Crippen LogP contribution < -0.4 is 4.72 Å². The minimum atomic E-state index is -4.72. The first-order chi connectivity index (χ1) is 11.3. The first-order valence-corrected chi connectivity index (χ1v) is 8.76. The van der Waals surface area contributed by atoms with Crippen LogP contribution in [0.25, 0.3) is 10.9 Å². The van der Waals surface area contributed by atoms with Gasteiger partial charge in [0.1, 0.15) is 10.4 Å². The van der Waals surface area contributed by atoms with Gasteiger partial charge in [-0.25, -0.2) is 8.42 Å². The van der Waals surface area contributed by atoms with Crippen LogP contribution >= 0.6 is 0 Å². The third-order valence-electron chi connectivity index (χ3n) is 4.10. The number of hydrogen-bond acceptors (Lipinski definition) is 4. The smallest absolute Gasteiger partial charge is 0.381 e. The van der Waals surface area contributed by atoms with Gasteiger partial charge in [0.05, 0.1) is 5.52 Å². The summed E-state index contributed by atoms with van der Waals surface area (Å²) in [6.07, 6.45) is -4.25. The predicted octanol–water partition coefficient (Wildman–Crippen LogP) is 2.62. The van der Waals surface area contributed by atoms with E-state index in [0.29, 0.717) is 5.39 Å². The molecule has 0 bridgehead atoms. The van der Waals surface area contributed by atoms with Crippen molar-refractivity contribution in [2.24, 2.45) is 0 Å². The highest BCUT2D eigenvalue weighted by atomic mass is 32.2. The van der Waals surface area contributed by atoms with Gasteiger partial charge < -0.3 is 4.74 Å². The molecule has 9 heteroatoms. The van der Waals surface area contributed by atoms with E-state index in [1.807, 2.05) is 4.72 Å². The van der Waals surface area contributed by atoms with Crippen molar-refractivity contribution in [3.8, 4) is 0 Å². The number of sulfonamides is 1. The van der Waals surface area contributed by atoms with Gasteiger partial charge in [0.25, 0.3) is 0 Å². The number of alkyl halides is 3. The Morgan fingerprint density at radius 3 is 2.46 bits per heavy atom. The zero-order chi connectivity index (χ0) is 17.4. The molecule has 24 heavy (non-hydrogen) atoms. The van der Waals surface area contributed by atoms with Crippen LogP contribution in [0.15, 0.2) is 41.4 Å². The van der Waals surface area contributed by atoms with Gasteiger partial charge in [-0.3, -0.25) is 4.98 Å². The normalized spacial score (nSPS) is 18.6. The lowest BCUT2D eigenvalue weighted by molar-refractivity contribution is -0.210. The number of pyridine rings is 1. The maximum atomic E-state index is 13.6. The molecule has 1 saturated heterocycles. The Bertz CT molecular complexity index is 841. The van der Waals surface area contributed by atoms with E-state index >= 15 is 0 Å². The quantitative estimate of drug-likeness (QED) is 0.914. The van der Waals surface area contributed by atoms with Gasteiger partial charge in [0, 0.05) is 24.8 Å². The van der Waals surface area contributed by atoms with Gasteiger partial charge in [-0.05, 0) is 25.0 Å². The zero-order valence-electron chi connectivity index (χ0n) is 12.5. The fourth-order valence-electron chi connectivity index (χ4n) is 2.77. The Hall–Kier alpha value is -1.71. The number of ether oxygens (including phenoxy) is 1. The van der Waals surface area contributed by atoms with Crippen molar-refractivity contribution in [2.45, 2.75) is 29.5 Å². The van der Waals surface area contributed by atoms with Gasteiger partial charge in [-0.1, -0.05) is 18.2 Å². The molecular formula is C15H15F3N2O3S. The summed E-state index contributed by atoms with van der Waals surface area (Å²) in [4.78, 5) is 3.73. The fourth-order valence-corrected chi connectivity index (χ4v) is 4.40. The molecule has 0 atom stereocenters. The maximum Gasteiger partial charge on any atom is 0.407 e. The second-order valence-corrected chi connectivity index (χ2v) is 7.28. The van der Waals surface area contributed by atoms with Crippen LogP contribution in [0.4, 0.5) is 13.2 Å². The Morgan fingerprint density at radius 1 is 1.12 bits per heavy atom. The summed E-state index contributed by atoms with van der Waals surface area (Å²) in [7, 11) is -4.42. The summed E-state index contributed by atoms with van der Waals surface area (Å²) in [6.45, 7) is -0.314. The number of hydrogen-bond donors (Lipinski definition) is 1. The lowest BCUT2D eigenvalue weighted by atomic mass is 9.91. The highest BCUT2D eigenvalue weighted by Crippen LogP contribution is 2.39. The van der Waals surface area contributed by atoms with E-state index in [4.69, 9.17) is 4.74 Å². The molecule has 0 spiro atoms. The summed E-state index contributed by atoms with van der Waals surface area (Å²) in [5.41, 5.74) is -2.39. The van der Waals surface area contributed by atoms with E-state index < -0.39 is 34.6 Å². The topological polar surface area (TPSA) is 68.3 Å². The number of nitrogens with one attached hydrogen (secondary N) is 1. The van der Waals surface area contributed by atoms with Crippen molar-refractivity contribution in [1.82, 2.24) is 9.71 Å². The van der Waals surface area contributed by atoms with Gasteiger partial charge in [0.15, 0.2) is 0 Å². The minimum Gasteiger partial charge on any atom is -0.381 e. The van der Waals surface area contributed by atoms with Crippen molar-refractivity contribution in [2.75, 3.05) is 13.2 Å². The number of nitrogens with zero attached hydrogens (tertiary/aromatic N) is 1. The van der Waals surface area contributed by atoms with Crippen LogP contribution in [0.2, 0.25) is 0 Å². The fraction of sp³-hybridized carbons (Fsp3) is 0.400. The molecule has 0 unspecified atom stereocenters. The number of para-hydroxylation sites is 1. The number of halogens is 3. The molecule has 1 aromatic carbocycles. The van der Waals surface area contributed by atoms with Crippen molar-refractivity contribution in [3.05, 3.63) is 36.5 Å². The molecule has 1 N–H and O–H groups in total. The van der Waals surface area contributed by atoms with Crippen LogP contribution in [-0.4, -0.2) is 38.3 Å². The lowest BCUT2D eigenvalue weighted by Gasteiger charge is -2.38. The Balaban J connectivity index is 2.06. The van der Waals surface area contributed by atoms with Gasteiger partial charge in [0.2, 0.25) is 10.0 Å². The number of rotatable bonds is 3. The molecule has 130 valence electrons. The second-order valence-electron chi connectivity index (χ2n) is 5.63. The monoisotopic (exact) mass is 360 g/mol. The highest BCUT2D eigenvalue weighted by Gasteiger charge is 2.57. The summed E-state index contributed by atoms with van der Waals surface area (Å²) in [5.74, 6) is 0. The van der Waals surface area contributed by atoms with E-state index in [-0.39, 0.29) is 23.6 Å². The molecular weight excluding hydrogens is 345 g/mol. The largest absolute Gasteiger partial charge is 0.407 e. The molecule has 2 heterocycles. The van der Waals surface area contributed by atoms with E-state index in [1.54, 1.807) is 18.2 Å². The molecule has 1 aliphatic heterocycles. The average Bonchev–Trinajstić information content (AvgIpc) is 2.54. The van der Waals surface area contributed by atoms with E-state index in [9.17, 15) is 21.6 Å². The van der Waals surface area contributed by atoms with Crippen LogP contribution in [0, 0.1) is 0 Å². The lowest BCUT2D eigenvalue weighted by Crippen LogP contribution is -2.61. The molecule has 0 amide bonds.